The summed E-state index contributed by atoms with van der Waals surface area (Å²) in [4.78, 5) is 13.6. The molecule has 90 valence electrons. The number of amides is 1. The van der Waals surface area contributed by atoms with Gasteiger partial charge in [-0.2, -0.15) is 0 Å². The Bertz CT molecular complexity index is 539. The van der Waals surface area contributed by atoms with Gasteiger partial charge in [0.1, 0.15) is 6.61 Å². The summed E-state index contributed by atoms with van der Waals surface area (Å²) in [5.41, 5.74) is 1.96. The topological polar surface area (TPSA) is 29.5 Å². The molecule has 0 bridgehead atoms. The number of rotatable bonds is 2. The highest BCUT2D eigenvalue weighted by Crippen LogP contribution is 2.32. The summed E-state index contributed by atoms with van der Waals surface area (Å²) in [7, 11) is 0. The molecule has 1 heterocycles. The Kier molecular flexibility index (Phi) is 2.73. The number of para-hydroxylation sites is 1. The molecule has 18 heavy (non-hydrogen) atoms. The first kappa shape index (κ1) is 10.8. The second-order valence-corrected chi connectivity index (χ2v) is 4.21. The highest BCUT2D eigenvalue weighted by molar-refractivity contribution is 5.90. The molecule has 2 aromatic carbocycles. The van der Waals surface area contributed by atoms with Gasteiger partial charge >= 0.3 is 6.09 Å². The molecule has 0 radical (unpaired) electrons. The van der Waals surface area contributed by atoms with Gasteiger partial charge in [-0.1, -0.05) is 48.5 Å². The van der Waals surface area contributed by atoms with E-state index in [4.69, 9.17) is 4.74 Å². The van der Waals surface area contributed by atoms with Gasteiger partial charge in [-0.3, -0.25) is 4.90 Å². The Balaban J connectivity index is 1.98. The molecule has 1 unspecified atom stereocenters. The molecule has 0 spiro atoms. The van der Waals surface area contributed by atoms with E-state index in [0.29, 0.717) is 6.61 Å². The lowest BCUT2D eigenvalue weighted by Crippen LogP contribution is -2.27. The minimum atomic E-state index is -0.282. The van der Waals surface area contributed by atoms with Crippen molar-refractivity contribution in [1.82, 2.24) is 0 Å². The van der Waals surface area contributed by atoms with E-state index in [0.717, 1.165) is 11.3 Å². The van der Waals surface area contributed by atoms with Crippen LogP contribution in [0.15, 0.2) is 60.7 Å². The zero-order chi connectivity index (χ0) is 12.4. The third-order valence-corrected chi connectivity index (χ3v) is 3.09. The van der Waals surface area contributed by atoms with E-state index in [1.54, 1.807) is 4.90 Å². The van der Waals surface area contributed by atoms with Crippen LogP contribution in [0.2, 0.25) is 0 Å². The summed E-state index contributed by atoms with van der Waals surface area (Å²) >= 11 is 0. The number of ether oxygens (including phenoxy) is 1. The zero-order valence-corrected chi connectivity index (χ0v) is 9.82. The van der Waals surface area contributed by atoms with Crippen LogP contribution in [0, 0.1) is 0 Å². The predicted octanol–water partition coefficient (Wildman–Crippen LogP) is 3.38. The summed E-state index contributed by atoms with van der Waals surface area (Å²) in [6, 6.07) is 19.5. The number of carbonyl (C=O) groups excluding carboxylic acids is 1. The van der Waals surface area contributed by atoms with Crippen LogP contribution in [0.3, 0.4) is 0 Å². The fourth-order valence-corrected chi connectivity index (χ4v) is 2.22. The van der Waals surface area contributed by atoms with Gasteiger partial charge in [-0.05, 0) is 17.7 Å². The van der Waals surface area contributed by atoms with Gasteiger partial charge in [0, 0.05) is 5.69 Å². The first-order valence-corrected chi connectivity index (χ1v) is 5.92. The summed E-state index contributed by atoms with van der Waals surface area (Å²) in [5, 5.41) is 0. The maximum absolute atomic E-state index is 11.9. The molecule has 0 aromatic heterocycles. The van der Waals surface area contributed by atoms with E-state index < -0.39 is 0 Å². The molecule has 3 rings (SSSR count). The molecule has 3 heteroatoms. The Morgan fingerprint density at radius 2 is 1.56 bits per heavy atom. The van der Waals surface area contributed by atoms with Gasteiger partial charge in [-0.15, -0.1) is 0 Å². The lowest BCUT2D eigenvalue weighted by atomic mass is 10.1. The fraction of sp³-hybridized carbons (Fsp3) is 0.133. The van der Waals surface area contributed by atoms with Gasteiger partial charge in [0.15, 0.2) is 0 Å². The van der Waals surface area contributed by atoms with Crippen molar-refractivity contribution >= 4 is 11.8 Å². The maximum Gasteiger partial charge on any atom is 0.415 e. The Hall–Kier alpha value is -2.29. The van der Waals surface area contributed by atoms with Gasteiger partial charge < -0.3 is 4.74 Å². The molecule has 0 saturated carbocycles. The average molecular weight is 239 g/mol. The summed E-state index contributed by atoms with van der Waals surface area (Å²) < 4.78 is 5.17. The molecular weight excluding hydrogens is 226 g/mol. The molecule has 2 aromatic rings. The van der Waals surface area contributed by atoms with E-state index in [-0.39, 0.29) is 12.1 Å². The Morgan fingerprint density at radius 1 is 0.944 bits per heavy atom. The minimum absolute atomic E-state index is 0.0406. The molecule has 3 nitrogen and oxygen atoms in total. The number of nitrogens with zero attached hydrogens (tertiary/aromatic N) is 1. The monoisotopic (exact) mass is 239 g/mol. The molecular formula is C15H13NO2. The van der Waals surface area contributed by atoms with Crippen molar-refractivity contribution in [2.75, 3.05) is 11.5 Å². The zero-order valence-electron chi connectivity index (χ0n) is 9.82. The van der Waals surface area contributed by atoms with Crippen LogP contribution in [0.4, 0.5) is 10.5 Å². The fourth-order valence-electron chi connectivity index (χ4n) is 2.22. The molecule has 1 amide bonds. The number of carbonyl (C=O) groups is 1. The second kappa shape index (κ2) is 4.53. The lowest BCUT2D eigenvalue weighted by molar-refractivity contribution is 0.179. The predicted molar refractivity (Wildman–Crippen MR) is 69.5 cm³/mol. The SMILES string of the molecule is O=C1OCC(c2ccccc2)N1c1ccccc1. The third kappa shape index (κ3) is 1.84. The number of benzene rings is 2. The van der Waals surface area contributed by atoms with E-state index in [9.17, 15) is 4.79 Å². The number of cyclic esters (lactones) is 1. The lowest BCUT2D eigenvalue weighted by Gasteiger charge is -2.21. The standard InChI is InChI=1S/C15H13NO2/c17-15-16(13-9-5-2-6-10-13)14(11-18-15)12-7-3-1-4-8-12/h1-10,14H,11H2. The van der Waals surface area contributed by atoms with E-state index in [1.165, 1.54) is 0 Å². The molecule has 1 saturated heterocycles. The number of anilines is 1. The van der Waals surface area contributed by atoms with Crippen LogP contribution in [0.1, 0.15) is 11.6 Å². The van der Waals surface area contributed by atoms with Crippen LogP contribution in [0.5, 0.6) is 0 Å². The van der Waals surface area contributed by atoms with Crippen LogP contribution in [-0.2, 0) is 4.74 Å². The van der Waals surface area contributed by atoms with E-state index in [1.807, 2.05) is 60.7 Å². The third-order valence-electron chi connectivity index (χ3n) is 3.09. The van der Waals surface area contributed by atoms with Gasteiger partial charge in [0.25, 0.3) is 0 Å². The normalized spacial score (nSPS) is 18.8. The molecule has 1 fully saturated rings. The average Bonchev–Trinajstić information content (AvgIpc) is 2.83. The van der Waals surface area contributed by atoms with Crippen molar-refractivity contribution in [2.45, 2.75) is 6.04 Å². The van der Waals surface area contributed by atoms with E-state index in [2.05, 4.69) is 0 Å². The van der Waals surface area contributed by atoms with Crippen LogP contribution in [0.25, 0.3) is 0 Å². The molecule has 0 N–H and O–H groups in total. The van der Waals surface area contributed by atoms with Crippen LogP contribution in [-0.4, -0.2) is 12.7 Å². The Morgan fingerprint density at radius 3 is 2.22 bits per heavy atom. The quantitative estimate of drug-likeness (QED) is 0.804. The van der Waals surface area contributed by atoms with Gasteiger partial charge in [0.05, 0.1) is 6.04 Å². The molecule has 1 aliphatic heterocycles. The first-order valence-electron chi connectivity index (χ1n) is 5.92. The number of hydrogen-bond donors (Lipinski definition) is 0. The van der Waals surface area contributed by atoms with Crippen LogP contribution < -0.4 is 4.90 Å². The summed E-state index contributed by atoms with van der Waals surface area (Å²) in [5.74, 6) is 0. The van der Waals surface area contributed by atoms with Crippen molar-refractivity contribution in [1.29, 1.82) is 0 Å². The highest BCUT2D eigenvalue weighted by atomic mass is 16.6. The minimum Gasteiger partial charge on any atom is -0.447 e. The molecule has 0 aliphatic carbocycles. The van der Waals surface area contributed by atoms with E-state index >= 15 is 0 Å². The highest BCUT2D eigenvalue weighted by Gasteiger charge is 2.34. The largest absolute Gasteiger partial charge is 0.447 e. The van der Waals surface area contributed by atoms with Gasteiger partial charge in [0.2, 0.25) is 0 Å². The second-order valence-electron chi connectivity index (χ2n) is 4.21. The smallest absolute Gasteiger partial charge is 0.415 e. The van der Waals surface area contributed by atoms with Crippen molar-refractivity contribution in [3.63, 3.8) is 0 Å². The molecule has 1 aliphatic rings. The van der Waals surface area contributed by atoms with Crippen LogP contribution >= 0.6 is 0 Å². The summed E-state index contributed by atoms with van der Waals surface area (Å²) in [6.45, 7) is 0.401. The molecule has 1 atom stereocenters. The van der Waals surface area contributed by atoms with Crippen molar-refractivity contribution in [3.05, 3.63) is 66.2 Å². The first-order chi connectivity index (χ1) is 8.86. The van der Waals surface area contributed by atoms with Gasteiger partial charge in [-0.25, -0.2) is 4.79 Å². The van der Waals surface area contributed by atoms with Crippen molar-refractivity contribution in [3.8, 4) is 0 Å². The Labute approximate surface area is 106 Å². The van der Waals surface area contributed by atoms with Crippen molar-refractivity contribution < 1.29 is 9.53 Å². The van der Waals surface area contributed by atoms with Crippen molar-refractivity contribution in [2.24, 2.45) is 0 Å². The summed E-state index contributed by atoms with van der Waals surface area (Å²) in [6.07, 6.45) is -0.282. The maximum atomic E-state index is 11.9. The number of hydrogen-bond acceptors (Lipinski definition) is 2.